The van der Waals surface area contributed by atoms with Crippen molar-refractivity contribution in [1.82, 2.24) is 9.97 Å². The molecule has 0 unspecified atom stereocenters. The Kier molecular flexibility index (Phi) is 4.04. The van der Waals surface area contributed by atoms with Crippen molar-refractivity contribution in [2.24, 2.45) is 0 Å². The molecular formula is C12H11BF3N2O-. The molecule has 0 amide bonds. The maximum atomic E-state index is 12.5. The lowest BCUT2D eigenvalue weighted by molar-refractivity contribution is 0.319. The molecule has 0 spiro atoms. The van der Waals surface area contributed by atoms with Gasteiger partial charge in [-0.05, 0) is 18.2 Å². The van der Waals surface area contributed by atoms with Crippen molar-refractivity contribution in [1.29, 1.82) is 0 Å². The molecule has 0 atom stereocenters. The van der Waals surface area contributed by atoms with Crippen LogP contribution in [0.2, 0.25) is 0 Å². The molecule has 100 valence electrons. The average molecular weight is 267 g/mol. The van der Waals surface area contributed by atoms with Gasteiger partial charge in [0, 0.05) is 24.5 Å². The summed E-state index contributed by atoms with van der Waals surface area (Å²) in [6.45, 7) is -4.79. The van der Waals surface area contributed by atoms with Gasteiger partial charge in [0.25, 0.3) is 0 Å². The predicted octanol–water partition coefficient (Wildman–Crippen LogP) is 2.15. The van der Waals surface area contributed by atoms with Gasteiger partial charge in [0.1, 0.15) is 5.75 Å². The molecule has 0 aliphatic heterocycles. The Morgan fingerprint density at radius 2 is 2.00 bits per heavy atom. The first-order valence-corrected chi connectivity index (χ1v) is 5.73. The third-order valence-electron chi connectivity index (χ3n) is 2.47. The maximum absolute atomic E-state index is 12.5. The standard InChI is InChI=1S/C12H11BF3N2O/c14-13(15,16)10-7-12(9-17-8-10)19-6-4-11-3-1-2-5-18-11/h1-3,5,7-9H,4,6H2/q-1. The molecule has 0 bridgehead atoms. The quantitative estimate of drug-likeness (QED) is 0.778. The van der Waals surface area contributed by atoms with Crippen LogP contribution in [0.15, 0.2) is 42.9 Å². The SMILES string of the molecule is F[B-](F)(F)c1cncc(OCCc2ccccn2)c1. The molecule has 2 heterocycles. The van der Waals surface area contributed by atoms with Crippen molar-refractivity contribution < 1.29 is 17.7 Å². The van der Waals surface area contributed by atoms with Gasteiger partial charge in [0.05, 0.1) is 12.8 Å². The summed E-state index contributed by atoms with van der Waals surface area (Å²) < 4.78 is 42.8. The molecule has 2 rings (SSSR count). The Balaban J connectivity index is 1.93. The van der Waals surface area contributed by atoms with Crippen LogP contribution < -0.4 is 10.2 Å². The monoisotopic (exact) mass is 267 g/mol. The molecule has 2 aromatic rings. The number of hydrogen-bond donors (Lipinski definition) is 0. The molecule has 0 aromatic carbocycles. The molecule has 0 saturated carbocycles. The number of hydrogen-bond acceptors (Lipinski definition) is 3. The molecule has 2 aromatic heterocycles. The molecule has 0 N–H and O–H groups in total. The molecule has 0 aliphatic rings. The smallest absolute Gasteiger partial charge is 0.492 e. The summed E-state index contributed by atoms with van der Waals surface area (Å²) in [5, 5.41) is 0. The molecule has 0 radical (unpaired) electrons. The van der Waals surface area contributed by atoms with Crippen LogP contribution >= 0.6 is 0 Å². The topological polar surface area (TPSA) is 35.0 Å². The second-order valence-corrected chi connectivity index (χ2v) is 3.95. The zero-order valence-electron chi connectivity index (χ0n) is 9.97. The Labute approximate surface area is 108 Å². The van der Waals surface area contributed by atoms with Crippen LogP contribution in [0.4, 0.5) is 12.9 Å². The Morgan fingerprint density at radius 3 is 2.68 bits per heavy atom. The fourth-order valence-corrected chi connectivity index (χ4v) is 1.51. The summed E-state index contributed by atoms with van der Waals surface area (Å²) in [4.78, 5) is 7.63. The highest BCUT2D eigenvalue weighted by molar-refractivity contribution is 6.73. The van der Waals surface area contributed by atoms with Crippen molar-refractivity contribution in [3.63, 3.8) is 0 Å². The van der Waals surface area contributed by atoms with E-state index in [1.165, 1.54) is 6.20 Å². The molecule has 3 nitrogen and oxygen atoms in total. The van der Waals surface area contributed by atoms with Crippen LogP contribution in [0.5, 0.6) is 5.75 Å². The summed E-state index contributed by atoms with van der Waals surface area (Å²) >= 11 is 0. The largest absolute Gasteiger partial charge is 0.511 e. The van der Waals surface area contributed by atoms with Gasteiger partial charge in [0.15, 0.2) is 0 Å². The fourth-order valence-electron chi connectivity index (χ4n) is 1.51. The highest BCUT2D eigenvalue weighted by Gasteiger charge is 2.26. The highest BCUT2D eigenvalue weighted by atomic mass is 19.4. The summed E-state index contributed by atoms with van der Waals surface area (Å²) in [5.41, 5.74) is 0.0713. The third-order valence-corrected chi connectivity index (χ3v) is 2.47. The summed E-state index contributed by atoms with van der Waals surface area (Å²) in [7, 11) is 0. The van der Waals surface area contributed by atoms with E-state index in [4.69, 9.17) is 4.74 Å². The first kappa shape index (κ1) is 13.4. The minimum absolute atomic E-state index is 0.118. The lowest BCUT2D eigenvalue weighted by Gasteiger charge is -2.15. The van der Waals surface area contributed by atoms with Crippen molar-refractivity contribution in [3.8, 4) is 5.75 Å². The molecule has 0 aliphatic carbocycles. The van der Waals surface area contributed by atoms with Gasteiger partial charge >= 0.3 is 6.98 Å². The van der Waals surface area contributed by atoms with Crippen LogP contribution in [0.25, 0.3) is 0 Å². The van der Waals surface area contributed by atoms with E-state index in [0.29, 0.717) is 6.42 Å². The van der Waals surface area contributed by atoms with E-state index in [0.717, 1.165) is 18.0 Å². The molecule has 0 fully saturated rings. The molecule has 19 heavy (non-hydrogen) atoms. The number of rotatable bonds is 5. The average Bonchev–Trinajstić information content (AvgIpc) is 2.39. The maximum Gasteiger partial charge on any atom is 0.511 e. The van der Waals surface area contributed by atoms with Crippen LogP contribution in [0.1, 0.15) is 5.69 Å². The van der Waals surface area contributed by atoms with Crippen molar-refractivity contribution in [3.05, 3.63) is 48.5 Å². The third kappa shape index (κ3) is 3.98. The van der Waals surface area contributed by atoms with Crippen LogP contribution in [-0.2, 0) is 6.42 Å². The summed E-state index contributed by atoms with van der Waals surface area (Å²) in [6, 6.07) is 6.43. The minimum Gasteiger partial charge on any atom is -0.492 e. The van der Waals surface area contributed by atoms with Crippen molar-refractivity contribution in [2.75, 3.05) is 6.61 Å². The van der Waals surface area contributed by atoms with Gasteiger partial charge in [-0.2, -0.15) is 0 Å². The first-order chi connectivity index (χ1) is 9.05. The van der Waals surface area contributed by atoms with Crippen LogP contribution in [0.3, 0.4) is 0 Å². The minimum atomic E-state index is -5.05. The number of pyridine rings is 2. The molecule has 7 heteroatoms. The van der Waals surface area contributed by atoms with Crippen LogP contribution in [-0.4, -0.2) is 23.6 Å². The number of halogens is 3. The Bertz CT molecular complexity index is 534. The second-order valence-electron chi connectivity index (χ2n) is 3.95. The lowest BCUT2D eigenvalue weighted by atomic mass is 9.81. The number of ether oxygens (including phenoxy) is 1. The van der Waals surface area contributed by atoms with Gasteiger partial charge in [-0.25, -0.2) is 0 Å². The summed E-state index contributed by atoms with van der Waals surface area (Å²) in [6.07, 6.45) is 4.25. The normalized spacial score (nSPS) is 11.3. The number of nitrogens with zero attached hydrogens (tertiary/aromatic N) is 2. The van der Waals surface area contributed by atoms with Gasteiger partial charge in [-0.3, -0.25) is 9.97 Å². The zero-order chi connectivity index (χ0) is 13.7. The van der Waals surface area contributed by atoms with E-state index in [1.807, 2.05) is 12.1 Å². The predicted molar refractivity (Wildman–Crippen MR) is 66.4 cm³/mol. The van der Waals surface area contributed by atoms with Gasteiger partial charge in [0.2, 0.25) is 0 Å². The first-order valence-electron chi connectivity index (χ1n) is 5.73. The van der Waals surface area contributed by atoms with Crippen LogP contribution in [0, 0.1) is 0 Å². The van der Waals surface area contributed by atoms with Gasteiger partial charge < -0.3 is 17.7 Å². The van der Waals surface area contributed by atoms with E-state index in [1.54, 1.807) is 12.3 Å². The van der Waals surface area contributed by atoms with Gasteiger partial charge in [-0.1, -0.05) is 11.5 Å². The van der Waals surface area contributed by atoms with E-state index in [9.17, 15) is 12.9 Å². The lowest BCUT2D eigenvalue weighted by Crippen LogP contribution is -2.34. The van der Waals surface area contributed by atoms with E-state index >= 15 is 0 Å². The molecular weight excluding hydrogens is 256 g/mol. The fraction of sp³-hybridized carbons (Fsp3) is 0.167. The van der Waals surface area contributed by atoms with Crippen molar-refractivity contribution >= 4 is 12.4 Å². The summed E-state index contributed by atoms with van der Waals surface area (Å²) in [5.74, 6) is 0.118. The Hall–Kier alpha value is -2.05. The molecule has 0 saturated heterocycles. The Morgan fingerprint density at radius 1 is 1.16 bits per heavy atom. The van der Waals surface area contributed by atoms with Gasteiger partial charge in [-0.15, -0.1) is 0 Å². The number of aromatic nitrogens is 2. The van der Waals surface area contributed by atoms with E-state index in [-0.39, 0.29) is 12.4 Å². The highest BCUT2D eigenvalue weighted by Crippen LogP contribution is 2.13. The van der Waals surface area contributed by atoms with E-state index < -0.39 is 12.4 Å². The zero-order valence-corrected chi connectivity index (χ0v) is 9.97. The van der Waals surface area contributed by atoms with E-state index in [2.05, 4.69) is 9.97 Å². The second kappa shape index (κ2) is 5.73. The van der Waals surface area contributed by atoms with Crippen molar-refractivity contribution in [2.45, 2.75) is 6.42 Å².